The summed E-state index contributed by atoms with van der Waals surface area (Å²) in [4.78, 5) is 0.378. The highest BCUT2D eigenvalue weighted by Gasteiger charge is 2.25. The lowest BCUT2D eigenvalue weighted by Crippen LogP contribution is -2.33. The van der Waals surface area contributed by atoms with Crippen LogP contribution in [-0.2, 0) is 21.3 Å². The summed E-state index contributed by atoms with van der Waals surface area (Å²) in [6.45, 7) is 7.64. The molecule has 2 rings (SSSR count). The number of benzene rings is 1. The zero-order valence-corrected chi connectivity index (χ0v) is 13.6. The van der Waals surface area contributed by atoms with Crippen LogP contribution >= 0.6 is 0 Å². The van der Waals surface area contributed by atoms with E-state index in [0.717, 1.165) is 24.1 Å². The highest BCUT2D eigenvalue weighted by molar-refractivity contribution is 7.89. The number of ether oxygens (including phenoxy) is 1. The molecule has 1 heterocycles. The molecule has 1 aliphatic rings. The van der Waals surface area contributed by atoms with Crippen molar-refractivity contribution in [1.82, 2.24) is 9.62 Å². The first kappa shape index (κ1) is 16.4. The Morgan fingerprint density at radius 3 is 2.86 bits per heavy atom. The maximum atomic E-state index is 12.7. The van der Waals surface area contributed by atoms with Gasteiger partial charge in [-0.05, 0) is 43.1 Å². The molecule has 0 radical (unpaired) electrons. The van der Waals surface area contributed by atoms with Crippen LogP contribution in [0.5, 0.6) is 0 Å². The Balaban J connectivity index is 2.26. The van der Waals surface area contributed by atoms with Gasteiger partial charge in [0, 0.05) is 26.2 Å². The van der Waals surface area contributed by atoms with Crippen LogP contribution in [0.3, 0.4) is 0 Å². The van der Waals surface area contributed by atoms with Gasteiger partial charge in [-0.25, -0.2) is 8.42 Å². The van der Waals surface area contributed by atoms with Crippen LogP contribution < -0.4 is 5.32 Å². The maximum Gasteiger partial charge on any atom is 0.243 e. The topological polar surface area (TPSA) is 58.6 Å². The van der Waals surface area contributed by atoms with E-state index in [-0.39, 0.29) is 0 Å². The molecular formula is C15H24N2O3S. The van der Waals surface area contributed by atoms with E-state index in [1.807, 2.05) is 19.9 Å². The van der Waals surface area contributed by atoms with Gasteiger partial charge >= 0.3 is 0 Å². The number of nitrogens with zero attached hydrogens (tertiary/aromatic N) is 1. The summed E-state index contributed by atoms with van der Waals surface area (Å²) >= 11 is 0. The van der Waals surface area contributed by atoms with Gasteiger partial charge in [-0.3, -0.25) is 0 Å². The summed E-state index contributed by atoms with van der Waals surface area (Å²) in [5.41, 5.74) is 2.14. The van der Waals surface area contributed by atoms with Gasteiger partial charge in [-0.1, -0.05) is 13.0 Å². The molecule has 1 fully saturated rings. The summed E-state index contributed by atoms with van der Waals surface area (Å²) in [6, 6.07) is 5.37. The van der Waals surface area contributed by atoms with Crippen LogP contribution in [0.2, 0.25) is 0 Å². The van der Waals surface area contributed by atoms with Crippen molar-refractivity contribution in [2.75, 3.05) is 32.8 Å². The van der Waals surface area contributed by atoms with Gasteiger partial charge in [-0.2, -0.15) is 4.31 Å². The molecule has 1 aromatic rings. The molecule has 0 spiro atoms. The number of hydrogen-bond donors (Lipinski definition) is 1. The Bertz CT molecular complexity index is 564. The Hall–Kier alpha value is -0.950. The molecule has 0 aromatic heterocycles. The summed E-state index contributed by atoms with van der Waals surface area (Å²) < 4.78 is 32.3. The molecule has 0 atom stereocenters. The van der Waals surface area contributed by atoms with Crippen molar-refractivity contribution in [2.24, 2.45) is 0 Å². The number of sulfonamides is 1. The third-order valence-electron chi connectivity index (χ3n) is 3.71. The lowest BCUT2D eigenvalue weighted by Gasteiger charge is -2.20. The van der Waals surface area contributed by atoms with E-state index in [1.165, 1.54) is 4.31 Å². The van der Waals surface area contributed by atoms with Crippen molar-refractivity contribution in [1.29, 1.82) is 0 Å². The number of rotatable bonds is 5. The monoisotopic (exact) mass is 312 g/mol. The van der Waals surface area contributed by atoms with Crippen LogP contribution in [0.4, 0.5) is 0 Å². The maximum absolute atomic E-state index is 12.7. The van der Waals surface area contributed by atoms with Crippen molar-refractivity contribution < 1.29 is 13.2 Å². The molecule has 21 heavy (non-hydrogen) atoms. The normalized spacial score (nSPS) is 17.6. The minimum Gasteiger partial charge on any atom is -0.380 e. The summed E-state index contributed by atoms with van der Waals surface area (Å²) in [6.07, 6.45) is 0.745. The molecule has 1 N–H and O–H groups in total. The van der Waals surface area contributed by atoms with E-state index in [0.29, 0.717) is 37.7 Å². The fraction of sp³-hybridized carbons (Fsp3) is 0.600. The highest BCUT2D eigenvalue weighted by atomic mass is 32.2. The van der Waals surface area contributed by atoms with Gasteiger partial charge in [0.05, 0.1) is 11.5 Å². The van der Waals surface area contributed by atoms with Gasteiger partial charge < -0.3 is 10.1 Å². The number of aryl methyl sites for hydroxylation is 1. The first-order valence-corrected chi connectivity index (χ1v) is 8.88. The van der Waals surface area contributed by atoms with Gasteiger partial charge in [0.2, 0.25) is 10.0 Å². The zero-order valence-electron chi connectivity index (χ0n) is 12.8. The van der Waals surface area contributed by atoms with Crippen molar-refractivity contribution in [3.63, 3.8) is 0 Å². The summed E-state index contributed by atoms with van der Waals surface area (Å²) in [5.74, 6) is 0. The van der Waals surface area contributed by atoms with Crippen LogP contribution in [0.15, 0.2) is 23.1 Å². The number of hydrogen-bond acceptors (Lipinski definition) is 4. The number of nitrogens with one attached hydrogen (secondary N) is 1. The molecule has 5 nitrogen and oxygen atoms in total. The van der Waals surface area contributed by atoms with Crippen molar-refractivity contribution in [2.45, 2.75) is 31.7 Å². The van der Waals surface area contributed by atoms with Gasteiger partial charge in [-0.15, -0.1) is 0 Å². The predicted molar refractivity (Wildman–Crippen MR) is 82.8 cm³/mol. The minimum atomic E-state index is -3.42. The third kappa shape index (κ3) is 4.03. The van der Waals surface area contributed by atoms with Crippen LogP contribution in [0, 0.1) is 6.92 Å². The molecule has 1 aromatic carbocycles. The Morgan fingerprint density at radius 2 is 2.10 bits per heavy atom. The van der Waals surface area contributed by atoms with E-state index in [2.05, 4.69) is 5.32 Å². The second-order valence-electron chi connectivity index (χ2n) is 5.24. The molecule has 0 bridgehead atoms. The molecule has 0 amide bonds. The van der Waals surface area contributed by atoms with Gasteiger partial charge in [0.25, 0.3) is 0 Å². The quantitative estimate of drug-likeness (QED) is 0.895. The fourth-order valence-electron chi connectivity index (χ4n) is 2.37. The molecule has 0 saturated carbocycles. The lowest BCUT2D eigenvalue weighted by atomic mass is 10.1. The smallest absolute Gasteiger partial charge is 0.243 e. The lowest BCUT2D eigenvalue weighted by molar-refractivity contribution is 0.148. The molecule has 0 unspecified atom stereocenters. The molecule has 118 valence electrons. The van der Waals surface area contributed by atoms with Crippen molar-refractivity contribution >= 4 is 10.0 Å². The van der Waals surface area contributed by atoms with Crippen molar-refractivity contribution in [3.8, 4) is 0 Å². The largest absolute Gasteiger partial charge is 0.380 e. The molecule has 6 heteroatoms. The van der Waals surface area contributed by atoms with Crippen LogP contribution in [-0.4, -0.2) is 45.6 Å². The Kier molecular flexibility index (Phi) is 5.75. The van der Waals surface area contributed by atoms with Crippen LogP contribution in [0.25, 0.3) is 0 Å². The van der Waals surface area contributed by atoms with Crippen LogP contribution in [0.1, 0.15) is 24.5 Å². The van der Waals surface area contributed by atoms with E-state index in [4.69, 9.17) is 4.74 Å². The summed E-state index contributed by atoms with van der Waals surface area (Å²) in [5, 5.41) is 3.25. The SMILES string of the molecule is CCNCc1cc(S(=O)(=O)N2CCCOCC2)ccc1C. The first-order chi connectivity index (χ1) is 10.1. The van der Waals surface area contributed by atoms with E-state index in [1.54, 1.807) is 12.1 Å². The standard InChI is InChI=1S/C15H24N2O3S/c1-3-16-12-14-11-15(6-5-13(14)2)21(18,19)17-7-4-9-20-10-8-17/h5-6,11,16H,3-4,7-10,12H2,1-2H3. The van der Waals surface area contributed by atoms with E-state index < -0.39 is 10.0 Å². The molecular weight excluding hydrogens is 288 g/mol. The molecule has 0 aliphatic carbocycles. The Labute approximate surface area is 127 Å². The second kappa shape index (κ2) is 7.35. The minimum absolute atomic E-state index is 0.378. The van der Waals surface area contributed by atoms with Gasteiger partial charge in [0.15, 0.2) is 0 Å². The van der Waals surface area contributed by atoms with Crippen molar-refractivity contribution in [3.05, 3.63) is 29.3 Å². The van der Waals surface area contributed by atoms with Gasteiger partial charge in [0.1, 0.15) is 0 Å². The van der Waals surface area contributed by atoms with E-state index in [9.17, 15) is 8.42 Å². The highest BCUT2D eigenvalue weighted by Crippen LogP contribution is 2.20. The van der Waals surface area contributed by atoms with E-state index >= 15 is 0 Å². The molecule has 1 aliphatic heterocycles. The first-order valence-electron chi connectivity index (χ1n) is 7.44. The second-order valence-corrected chi connectivity index (χ2v) is 7.18. The summed E-state index contributed by atoms with van der Waals surface area (Å²) in [7, 11) is -3.42. The fourth-order valence-corrected chi connectivity index (χ4v) is 3.88. The average molecular weight is 312 g/mol. The molecule has 1 saturated heterocycles. The zero-order chi connectivity index (χ0) is 15.3. The Morgan fingerprint density at radius 1 is 1.29 bits per heavy atom. The average Bonchev–Trinajstić information content (AvgIpc) is 2.75. The third-order valence-corrected chi connectivity index (χ3v) is 5.60. The predicted octanol–water partition coefficient (Wildman–Crippen LogP) is 1.52.